The first kappa shape index (κ1) is 58.0. The zero-order chi connectivity index (χ0) is 54.4. The minimum atomic E-state index is -2.50. The molecule has 1 aromatic heterocycles. The van der Waals surface area contributed by atoms with Gasteiger partial charge in [-0.15, -0.1) is 0 Å². The van der Waals surface area contributed by atoms with Crippen LogP contribution in [-0.4, -0.2) is 157 Å². The van der Waals surface area contributed by atoms with E-state index in [2.05, 4.69) is 17.6 Å². The summed E-state index contributed by atoms with van der Waals surface area (Å²) >= 11 is 0. The van der Waals surface area contributed by atoms with Crippen LogP contribution in [0.2, 0.25) is 0 Å². The number of rotatable bonds is 12. The van der Waals surface area contributed by atoms with Crippen LogP contribution >= 0.6 is 21.6 Å². The first-order valence-corrected chi connectivity index (χ1v) is 31.8. The number of carbonyl (C=O) groups excluding carboxylic acids is 1. The van der Waals surface area contributed by atoms with E-state index in [4.69, 9.17) is 23.4 Å². The Kier molecular flexibility index (Phi) is 17.8. The first-order chi connectivity index (χ1) is 37.0. The molecule has 18 heteroatoms. The van der Waals surface area contributed by atoms with Gasteiger partial charge in [0.15, 0.2) is 16.9 Å². The number of benzene rings is 1. The molecular weight excluding hydrogens is 1020 g/mol. The molecule has 10 N–H and O–H groups in total. The zero-order valence-electron chi connectivity index (χ0n) is 45.8. The van der Waals surface area contributed by atoms with Crippen LogP contribution in [0.25, 0.3) is 11.0 Å². The van der Waals surface area contributed by atoms with Crippen LogP contribution in [0.15, 0.2) is 35.0 Å². The monoisotopic (exact) mass is 1110 g/mol. The number of carbonyl (C=O) groups is 1. The van der Waals surface area contributed by atoms with Gasteiger partial charge in [-0.1, -0.05) is 66.3 Å². The highest BCUT2D eigenvalue weighted by atomic mass is 33.1. The van der Waals surface area contributed by atoms with Crippen LogP contribution < -0.4 is 20.1 Å². The topological polar surface area (TPSA) is 253 Å². The number of hydrogen-bond donors (Lipinski definition) is 10. The molecule has 1 aromatic carbocycles. The third kappa shape index (κ3) is 10.6. The Balaban J connectivity index is 1.15. The number of fused-ring (bicyclic) bond motifs is 11. The van der Waals surface area contributed by atoms with E-state index in [-0.39, 0.29) is 92.0 Å². The molecule has 0 amide bonds. The van der Waals surface area contributed by atoms with Crippen molar-refractivity contribution >= 4 is 38.5 Å². The lowest BCUT2D eigenvalue weighted by molar-refractivity contribution is -0.424. The summed E-state index contributed by atoms with van der Waals surface area (Å²) in [5, 5.41) is 107. The third-order valence-corrected chi connectivity index (χ3v) is 24.2. The summed E-state index contributed by atoms with van der Waals surface area (Å²) in [6.07, 6.45) is 12.5. The maximum Gasteiger partial charge on any atom is 0.306 e. The summed E-state index contributed by atoms with van der Waals surface area (Å²) < 4.78 is 32.6. The van der Waals surface area contributed by atoms with Crippen molar-refractivity contribution in [1.29, 1.82) is 0 Å². The molecule has 4 heterocycles. The molecule has 10 rings (SSSR count). The van der Waals surface area contributed by atoms with Crippen LogP contribution in [0.3, 0.4) is 0 Å². The van der Waals surface area contributed by atoms with E-state index in [1.54, 1.807) is 42.2 Å². The SMILES string of the molecule is CCOC(=O)CCc1cc2ccoc2c2c1OC1OC3(CSSC4(CCC5(CCC(CNC)C5)C4CCC4(O)CCCC(CCO)C4)C(CCC(C)CCCC3O)NCCO2)C2(O)CC3C=CC(O)C(CO)C3C1(O)C2O. The fourth-order valence-corrected chi connectivity index (χ4v) is 21.3. The summed E-state index contributed by atoms with van der Waals surface area (Å²) in [4.78, 5) is 13.1. The number of hydrogen-bond acceptors (Lipinski definition) is 18. The van der Waals surface area contributed by atoms with Gasteiger partial charge in [-0.25, -0.2) is 0 Å². The fourth-order valence-electron chi connectivity index (χ4n) is 17.0. The molecule has 432 valence electrons. The summed E-state index contributed by atoms with van der Waals surface area (Å²) in [6.45, 7) is 5.30. The third-order valence-electron chi connectivity index (χ3n) is 20.8. The van der Waals surface area contributed by atoms with Gasteiger partial charge in [0.25, 0.3) is 0 Å². The van der Waals surface area contributed by atoms with Gasteiger partial charge in [-0.2, -0.15) is 0 Å². The molecule has 3 spiro atoms. The Morgan fingerprint density at radius 2 is 1.78 bits per heavy atom. The predicted octanol–water partition coefficient (Wildman–Crippen LogP) is 6.33. The van der Waals surface area contributed by atoms with E-state index in [1.165, 1.54) is 0 Å². The van der Waals surface area contributed by atoms with E-state index in [1.807, 2.05) is 23.9 Å². The lowest BCUT2D eigenvalue weighted by Crippen LogP contribution is -2.86. The van der Waals surface area contributed by atoms with Crippen molar-refractivity contribution in [2.24, 2.45) is 46.8 Å². The van der Waals surface area contributed by atoms with E-state index in [9.17, 15) is 45.6 Å². The van der Waals surface area contributed by atoms with Gasteiger partial charge < -0.3 is 74.9 Å². The van der Waals surface area contributed by atoms with E-state index in [0.29, 0.717) is 54.7 Å². The van der Waals surface area contributed by atoms with E-state index >= 15 is 0 Å². The highest BCUT2D eigenvalue weighted by Gasteiger charge is 2.78. The van der Waals surface area contributed by atoms with Gasteiger partial charge in [-0.05, 0) is 170 Å². The number of aliphatic hydroxyl groups is 8. The van der Waals surface area contributed by atoms with Crippen molar-refractivity contribution in [2.45, 2.75) is 200 Å². The molecule has 18 atom stereocenters. The van der Waals surface area contributed by atoms with Crippen LogP contribution in [0.4, 0.5) is 0 Å². The fraction of sp³-hybridized carbons (Fsp3) is 0.814. The van der Waals surface area contributed by atoms with Crippen molar-refractivity contribution in [3.63, 3.8) is 0 Å². The number of furan rings is 1. The number of aryl methyl sites for hydroxylation is 1. The highest BCUT2D eigenvalue weighted by molar-refractivity contribution is 8.77. The molecule has 18 unspecified atom stereocenters. The van der Waals surface area contributed by atoms with Gasteiger partial charge in [0.2, 0.25) is 12.0 Å². The quantitative estimate of drug-likeness (QED) is 0.0633. The second-order valence-electron chi connectivity index (χ2n) is 25.2. The molecule has 2 aromatic rings. The van der Waals surface area contributed by atoms with Crippen molar-refractivity contribution < 1.29 is 69.0 Å². The standard InChI is InChI=1S/C59H90N2O14S2/c1-4-71-47(66)15-12-39-29-40-19-27-72-49(40)51-50(39)74-53-59(70)48-41(11-13-43(64)42(48)34-63)32-57(69,52(59)67)58(75-53)35-76-77-56(45(61-25-28-73-51)14-10-36(2)7-5-9-46(58)65)24-23-54(21-16-38(30-54)33-60-3)44(56)17-22-55(68)20-6-8-37(31-55)18-26-62/h11,13,19,27,29,36-38,41-46,48,52-53,60-65,67-70H,4-10,12,14-18,20-26,28,30-35H2,1-3H3. The number of allylic oxidation sites excluding steroid dienone is 1. The highest BCUT2D eigenvalue weighted by Crippen LogP contribution is 2.69. The van der Waals surface area contributed by atoms with E-state index in [0.717, 1.165) is 83.6 Å². The Morgan fingerprint density at radius 1 is 0.935 bits per heavy atom. The minimum Gasteiger partial charge on any atom is -0.485 e. The molecule has 16 nitrogen and oxygen atoms in total. The average molecular weight is 1120 g/mol. The summed E-state index contributed by atoms with van der Waals surface area (Å²) in [5.41, 5.74) is -6.77. The summed E-state index contributed by atoms with van der Waals surface area (Å²) in [6, 6.07) is 3.60. The van der Waals surface area contributed by atoms with Crippen molar-refractivity contribution in [3.05, 3.63) is 36.1 Å². The Bertz CT molecular complexity index is 2380. The van der Waals surface area contributed by atoms with Crippen LogP contribution in [0, 0.1) is 46.8 Å². The van der Waals surface area contributed by atoms with Gasteiger partial charge in [0.05, 0.1) is 30.7 Å². The lowest BCUT2D eigenvalue weighted by Gasteiger charge is -2.67. The van der Waals surface area contributed by atoms with Gasteiger partial charge in [0.1, 0.15) is 23.9 Å². The Morgan fingerprint density at radius 3 is 2.57 bits per heavy atom. The van der Waals surface area contributed by atoms with Crippen LogP contribution in [-0.2, 0) is 20.7 Å². The van der Waals surface area contributed by atoms with Gasteiger partial charge in [-0.3, -0.25) is 4.79 Å². The molecule has 5 bridgehead atoms. The average Bonchev–Trinajstić information content (AvgIpc) is 4.30. The summed E-state index contributed by atoms with van der Waals surface area (Å²) in [5.74, 6) is -1.75. The maximum absolute atomic E-state index is 13.8. The minimum absolute atomic E-state index is 0.00478. The number of ether oxygens (including phenoxy) is 4. The normalized spacial score (nSPS) is 43.4. The summed E-state index contributed by atoms with van der Waals surface area (Å²) in [7, 11) is 5.40. The molecule has 0 radical (unpaired) electrons. The largest absolute Gasteiger partial charge is 0.485 e. The van der Waals surface area contributed by atoms with Gasteiger partial charge in [0, 0.05) is 59.9 Å². The first-order valence-electron chi connectivity index (χ1n) is 29.5. The maximum atomic E-state index is 13.8. The number of nitrogens with one attached hydrogen (secondary N) is 2. The van der Waals surface area contributed by atoms with E-state index < -0.39 is 82.1 Å². The van der Waals surface area contributed by atoms with Crippen molar-refractivity contribution in [2.75, 3.05) is 52.3 Å². The number of aliphatic hydroxyl groups excluding tert-OH is 5. The Hall–Kier alpha value is -2.17. The lowest BCUT2D eigenvalue weighted by atomic mass is 9.50. The predicted molar refractivity (Wildman–Crippen MR) is 295 cm³/mol. The molecule has 8 aliphatic rings. The van der Waals surface area contributed by atoms with Crippen LogP contribution in [0.5, 0.6) is 11.5 Å². The van der Waals surface area contributed by atoms with Crippen LogP contribution in [0.1, 0.15) is 141 Å². The number of esters is 1. The van der Waals surface area contributed by atoms with Crippen molar-refractivity contribution in [1.82, 2.24) is 10.6 Å². The Labute approximate surface area is 462 Å². The second kappa shape index (κ2) is 23.6. The molecule has 6 fully saturated rings. The van der Waals surface area contributed by atoms with Gasteiger partial charge >= 0.3 is 5.97 Å². The molecule has 2 saturated heterocycles. The molecule has 3 aliphatic heterocycles. The molecule has 77 heavy (non-hydrogen) atoms. The molecular formula is C59H90N2O14S2. The molecule has 5 aliphatic carbocycles. The zero-order valence-corrected chi connectivity index (χ0v) is 47.4. The second-order valence-corrected chi connectivity index (χ2v) is 27.9. The smallest absolute Gasteiger partial charge is 0.306 e. The molecule has 4 saturated carbocycles. The van der Waals surface area contributed by atoms with Crippen molar-refractivity contribution in [3.8, 4) is 11.5 Å².